The minimum Gasteiger partial charge on any atom is -0.378 e. The van der Waals surface area contributed by atoms with Gasteiger partial charge in [-0.25, -0.2) is 9.97 Å². The average Bonchev–Trinajstić information content (AvgIpc) is 2.84. The zero-order valence-electron chi connectivity index (χ0n) is 9.53. The van der Waals surface area contributed by atoms with Gasteiger partial charge in [0.05, 0.1) is 11.6 Å². The topological polar surface area (TPSA) is 50.8 Å². The maximum absolute atomic E-state index is 5.57. The van der Waals surface area contributed by atoms with Crippen molar-refractivity contribution in [3.05, 3.63) is 23.7 Å². The molecule has 1 aliphatic heterocycles. The Bertz CT molecular complexity index is 520. The number of nitrogens with one attached hydrogen (secondary N) is 1. The van der Waals surface area contributed by atoms with Gasteiger partial charge in [-0.3, -0.25) is 0 Å². The lowest BCUT2D eigenvalue weighted by molar-refractivity contribution is 0.117. The summed E-state index contributed by atoms with van der Waals surface area (Å²) in [6.45, 7) is 5.00. The quantitative estimate of drug-likeness (QED) is 0.796. The molecule has 2 atom stereocenters. The van der Waals surface area contributed by atoms with Crippen molar-refractivity contribution in [2.24, 2.45) is 0 Å². The van der Waals surface area contributed by atoms with E-state index >= 15 is 0 Å². The number of ether oxygens (including phenoxy) is 1. The smallest absolute Gasteiger partial charge is 0.177 e. The third-order valence-electron chi connectivity index (χ3n) is 3.35. The van der Waals surface area contributed by atoms with Crippen molar-refractivity contribution in [2.45, 2.75) is 32.3 Å². The van der Waals surface area contributed by atoms with Crippen LogP contribution in [0.2, 0.25) is 0 Å². The Labute approximate surface area is 94.1 Å². The van der Waals surface area contributed by atoms with Crippen molar-refractivity contribution in [2.75, 3.05) is 6.61 Å². The molecule has 4 heteroatoms. The molecule has 0 saturated carbocycles. The van der Waals surface area contributed by atoms with Gasteiger partial charge in [-0.1, -0.05) is 0 Å². The minimum atomic E-state index is 0.251. The van der Waals surface area contributed by atoms with Crippen LogP contribution >= 0.6 is 0 Å². The molecule has 2 aromatic heterocycles. The molecule has 1 N–H and O–H groups in total. The van der Waals surface area contributed by atoms with E-state index in [2.05, 4.69) is 28.8 Å². The highest BCUT2D eigenvalue weighted by atomic mass is 16.5. The standard InChI is InChI=1S/C12H15N3O/c1-7-3-5-13-12-10(7)14-11(15-12)9-4-6-16-8(9)2/h3,5,8-9H,4,6H2,1-2H3,(H,13,14,15). The number of aromatic amines is 1. The highest BCUT2D eigenvalue weighted by Crippen LogP contribution is 2.30. The zero-order valence-corrected chi connectivity index (χ0v) is 9.53. The maximum Gasteiger partial charge on any atom is 0.177 e. The molecule has 2 aromatic rings. The van der Waals surface area contributed by atoms with E-state index in [1.807, 2.05) is 6.07 Å². The lowest BCUT2D eigenvalue weighted by Gasteiger charge is -2.09. The minimum absolute atomic E-state index is 0.251. The van der Waals surface area contributed by atoms with Crippen LogP contribution in [-0.4, -0.2) is 27.7 Å². The summed E-state index contributed by atoms with van der Waals surface area (Å²) >= 11 is 0. The van der Waals surface area contributed by atoms with Gasteiger partial charge in [-0.2, -0.15) is 0 Å². The molecule has 3 rings (SSSR count). The number of hydrogen-bond acceptors (Lipinski definition) is 3. The van der Waals surface area contributed by atoms with Crippen molar-refractivity contribution in [3.8, 4) is 0 Å². The van der Waals surface area contributed by atoms with Crippen molar-refractivity contribution in [3.63, 3.8) is 0 Å². The first-order valence-electron chi connectivity index (χ1n) is 5.68. The Hall–Kier alpha value is -1.42. The van der Waals surface area contributed by atoms with E-state index in [9.17, 15) is 0 Å². The van der Waals surface area contributed by atoms with Crippen molar-refractivity contribution < 1.29 is 4.74 Å². The SMILES string of the molecule is Cc1ccnc2nc(C3CCOC3C)[nH]c12. The molecular weight excluding hydrogens is 202 g/mol. The Morgan fingerprint density at radius 2 is 2.38 bits per heavy atom. The molecule has 2 unspecified atom stereocenters. The summed E-state index contributed by atoms with van der Waals surface area (Å²) in [6.07, 6.45) is 3.09. The van der Waals surface area contributed by atoms with Gasteiger partial charge in [0, 0.05) is 18.7 Å². The fraction of sp³-hybridized carbons (Fsp3) is 0.500. The molecule has 0 aliphatic carbocycles. The van der Waals surface area contributed by atoms with E-state index < -0.39 is 0 Å². The summed E-state index contributed by atoms with van der Waals surface area (Å²) in [4.78, 5) is 12.2. The van der Waals surface area contributed by atoms with Crippen LogP contribution in [0.3, 0.4) is 0 Å². The number of imidazole rings is 1. The summed E-state index contributed by atoms with van der Waals surface area (Å²) in [5.74, 6) is 1.40. The molecule has 3 heterocycles. The van der Waals surface area contributed by atoms with E-state index in [4.69, 9.17) is 4.74 Å². The maximum atomic E-state index is 5.57. The molecule has 16 heavy (non-hydrogen) atoms. The molecule has 0 bridgehead atoms. The summed E-state index contributed by atoms with van der Waals surface area (Å²) < 4.78 is 5.57. The predicted molar refractivity (Wildman–Crippen MR) is 61.4 cm³/mol. The summed E-state index contributed by atoms with van der Waals surface area (Å²) in [5.41, 5.74) is 3.06. The largest absolute Gasteiger partial charge is 0.378 e. The fourth-order valence-electron chi connectivity index (χ4n) is 2.32. The summed E-state index contributed by atoms with van der Waals surface area (Å²) in [6, 6.07) is 2.00. The first-order valence-corrected chi connectivity index (χ1v) is 5.68. The van der Waals surface area contributed by atoms with Crippen LogP contribution in [0.15, 0.2) is 12.3 Å². The fourth-order valence-corrected chi connectivity index (χ4v) is 2.32. The summed E-state index contributed by atoms with van der Waals surface area (Å²) in [7, 11) is 0. The van der Waals surface area contributed by atoms with E-state index in [0.717, 1.165) is 30.0 Å². The molecular formula is C12H15N3O. The lowest BCUT2D eigenvalue weighted by atomic mass is 10.0. The number of aromatic nitrogens is 3. The van der Waals surface area contributed by atoms with Crippen LogP contribution in [0.4, 0.5) is 0 Å². The van der Waals surface area contributed by atoms with E-state index in [1.165, 1.54) is 5.56 Å². The van der Waals surface area contributed by atoms with E-state index in [1.54, 1.807) is 6.20 Å². The van der Waals surface area contributed by atoms with Crippen LogP contribution in [-0.2, 0) is 4.74 Å². The van der Waals surface area contributed by atoms with Crippen molar-refractivity contribution in [1.29, 1.82) is 0 Å². The zero-order chi connectivity index (χ0) is 11.1. The Kier molecular flexibility index (Phi) is 2.17. The average molecular weight is 217 g/mol. The van der Waals surface area contributed by atoms with Crippen molar-refractivity contribution >= 4 is 11.2 Å². The van der Waals surface area contributed by atoms with Crippen molar-refractivity contribution in [1.82, 2.24) is 15.0 Å². The molecule has 0 spiro atoms. The van der Waals surface area contributed by atoms with Gasteiger partial charge >= 0.3 is 0 Å². The normalized spacial score (nSPS) is 25.4. The van der Waals surface area contributed by atoms with Crippen LogP contribution in [0.5, 0.6) is 0 Å². The first kappa shape index (κ1) is 9.78. The van der Waals surface area contributed by atoms with Gasteiger partial charge in [0.25, 0.3) is 0 Å². The molecule has 4 nitrogen and oxygen atoms in total. The van der Waals surface area contributed by atoms with E-state index in [-0.39, 0.29) is 6.10 Å². The molecule has 84 valence electrons. The van der Waals surface area contributed by atoms with Gasteiger partial charge in [-0.05, 0) is 31.9 Å². The molecule has 0 radical (unpaired) electrons. The second-order valence-electron chi connectivity index (χ2n) is 4.42. The van der Waals surface area contributed by atoms with Gasteiger partial charge in [-0.15, -0.1) is 0 Å². The number of nitrogens with zero attached hydrogens (tertiary/aromatic N) is 2. The summed E-state index contributed by atoms with van der Waals surface area (Å²) in [5, 5.41) is 0. The number of aryl methyl sites for hydroxylation is 1. The molecule has 0 amide bonds. The molecule has 1 fully saturated rings. The van der Waals surface area contributed by atoms with Crippen LogP contribution in [0, 0.1) is 6.92 Å². The number of hydrogen-bond donors (Lipinski definition) is 1. The highest BCUT2D eigenvalue weighted by Gasteiger charge is 2.28. The van der Waals surface area contributed by atoms with Gasteiger partial charge in [0.1, 0.15) is 5.82 Å². The lowest BCUT2D eigenvalue weighted by Crippen LogP contribution is -2.10. The van der Waals surface area contributed by atoms with Gasteiger partial charge < -0.3 is 9.72 Å². The highest BCUT2D eigenvalue weighted by molar-refractivity contribution is 5.74. The molecule has 1 saturated heterocycles. The number of pyridine rings is 1. The van der Waals surface area contributed by atoms with Crippen LogP contribution in [0.25, 0.3) is 11.2 Å². The van der Waals surface area contributed by atoms with Crippen LogP contribution in [0.1, 0.15) is 30.7 Å². The Balaban J connectivity index is 2.08. The third kappa shape index (κ3) is 1.41. The monoisotopic (exact) mass is 217 g/mol. The van der Waals surface area contributed by atoms with Crippen LogP contribution < -0.4 is 0 Å². The first-order chi connectivity index (χ1) is 7.75. The Morgan fingerprint density at radius 1 is 1.50 bits per heavy atom. The van der Waals surface area contributed by atoms with Gasteiger partial charge in [0.2, 0.25) is 0 Å². The van der Waals surface area contributed by atoms with E-state index in [0.29, 0.717) is 5.92 Å². The molecule has 1 aliphatic rings. The number of rotatable bonds is 1. The van der Waals surface area contributed by atoms with Gasteiger partial charge in [0.15, 0.2) is 5.65 Å². The second kappa shape index (κ2) is 3.56. The number of fused-ring (bicyclic) bond motifs is 1. The third-order valence-corrected chi connectivity index (χ3v) is 3.35. The predicted octanol–water partition coefficient (Wildman–Crippen LogP) is 2.16. The molecule has 0 aromatic carbocycles. The number of H-pyrrole nitrogens is 1. The second-order valence-corrected chi connectivity index (χ2v) is 4.42. The Morgan fingerprint density at radius 3 is 3.06 bits per heavy atom.